The van der Waals surface area contributed by atoms with E-state index >= 15 is 0 Å². The lowest BCUT2D eigenvalue weighted by atomic mass is 9.88. The van der Waals surface area contributed by atoms with Crippen LogP contribution in [-0.4, -0.2) is 44.3 Å². The van der Waals surface area contributed by atoms with Crippen molar-refractivity contribution < 1.29 is 21.6 Å². The fourth-order valence-electron chi connectivity index (χ4n) is 2.26. The van der Waals surface area contributed by atoms with Crippen LogP contribution in [0.5, 0.6) is 0 Å². The Hall–Kier alpha value is -0.340. The van der Waals surface area contributed by atoms with Crippen LogP contribution >= 0.6 is 0 Å². The van der Waals surface area contributed by atoms with Gasteiger partial charge in [-0.3, -0.25) is 0 Å². The van der Waals surface area contributed by atoms with Crippen LogP contribution < -0.4 is 5.73 Å². The predicted octanol–water partition coefficient (Wildman–Crippen LogP) is 1.58. The Bertz CT molecular complexity index is 384. The number of nitrogens with two attached hydrogens (primary N) is 1. The molecule has 0 aliphatic carbocycles. The average molecular weight is 302 g/mol. The molecular formula is C11H21F3N2O2S. The number of halogens is 3. The van der Waals surface area contributed by atoms with Gasteiger partial charge in [0, 0.05) is 19.5 Å². The van der Waals surface area contributed by atoms with Crippen molar-refractivity contribution in [3.8, 4) is 0 Å². The van der Waals surface area contributed by atoms with Crippen molar-refractivity contribution in [1.29, 1.82) is 0 Å². The standard InChI is InChI=1S/C11H21F3N2O2S/c1-9-3-5-16(8-10(9)7-15)19(17,18)6-2-4-11(12,13)14/h9-10H,2-8,15H2,1H3. The fraction of sp³-hybridized carbons (Fsp3) is 1.00. The highest BCUT2D eigenvalue weighted by atomic mass is 32.2. The first kappa shape index (κ1) is 16.7. The summed E-state index contributed by atoms with van der Waals surface area (Å²) in [6.07, 6.45) is -5.03. The van der Waals surface area contributed by atoms with Crippen LogP contribution in [0.1, 0.15) is 26.2 Å². The smallest absolute Gasteiger partial charge is 0.330 e. The highest BCUT2D eigenvalue weighted by Crippen LogP contribution is 2.26. The van der Waals surface area contributed by atoms with Gasteiger partial charge in [-0.2, -0.15) is 13.2 Å². The Balaban J connectivity index is 2.53. The van der Waals surface area contributed by atoms with Crippen LogP contribution in [0.3, 0.4) is 0 Å². The molecule has 2 N–H and O–H groups in total. The third kappa shape index (κ3) is 5.27. The normalized spacial score (nSPS) is 26.6. The molecule has 1 heterocycles. The summed E-state index contributed by atoms with van der Waals surface area (Å²) >= 11 is 0. The molecule has 4 nitrogen and oxygen atoms in total. The molecule has 1 fully saturated rings. The second kappa shape index (κ2) is 6.41. The molecule has 0 aromatic carbocycles. The lowest BCUT2D eigenvalue weighted by Crippen LogP contribution is -2.46. The average Bonchev–Trinajstić information content (AvgIpc) is 2.27. The van der Waals surface area contributed by atoms with Crippen molar-refractivity contribution in [1.82, 2.24) is 4.31 Å². The van der Waals surface area contributed by atoms with Crippen molar-refractivity contribution >= 4 is 10.0 Å². The van der Waals surface area contributed by atoms with E-state index in [1.807, 2.05) is 6.92 Å². The predicted molar refractivity (Wildman–Crippen MR) is 67.0 cm³/mol. The number of nitrogens with zero attached hydrogens (tertiary/aromatic N) is 1. The van der Waals surface area contributed by atoms with Gasteiger partial charge in [-0.15, -0.1) is 0 Å². The Morgan fingerprint density at radius 2 is 2.00 bits per heavy atom. The van der Waals surface area contributed by atoms with Crippen molar-refractivity contribution in [3.05, 3.63) is 0 Å². The highest BCUT2D eigenvalue weighted by molar-refractivity contribution is 7.89. The Morgan fingerprint density at radius 3 is 2.53 bits per heavy atom. The Kier molecular flexibility index (Phi) is 5.64. The minimum Gasteiger partial charge on any atom is -0.330 e. The lowest BCUT2D eigenvalue weighted by molar-refractivity contribution is -0.134. The summed E-state index contributed by atoms with van der Waals surface area (Å²) in [6.45, 7) is 3.12. The number of hydrogen-bond donors (Lipinski definition) is 1. The SMILES string of the molecule is CC1CCN(S(=O)(=O)CCCC(F)(F)F)CC1CN. The summed E-state index contributed by atoms with van der Waals surface area (Å²) in [5.41, 5.74) is 5.59. The van der Waals surface area contributed by atoms with E-state index in [1.54, 1.807) is 0 Å². The van der Waals surface area contributed by atoms with Crippen LogP contribution in [0.25, 0.3) is 0 Å². The molecule has 0 spiro atoms. The van der Waals surface area contributed by atoms with Crippen LogP contribution in [0.15, 0.2) is 0 Å². The molecule has 0 aromatic rings. The first-order valence-corrected chi connectivity index (χ1v) is 8.01. The molecular weight excluding hydrogens is 281 g/mol. The maximum Gasteiger partial charge on any atom is 0.389 e. The third-order valence-corrected chi connectivity index (χ3v) is 5.56. The summed E-state index contributed by atoms with van der Waals surface area (Å²) in [5, 5.41) is 0. The maximum atomic E-state index is 12.0. The number of piperidine rings is 1. The van der Waals surface area contributed by atoms with E-state index in [2.05, 4.69) is 0 Å². The first-order chi connectivity index (χ1) is 8.65. The zero-order valence-corrected chi connectivity index (χ0v) is 11.8. The van der Waals surface area contributed by atoms with E-state index in [9.17, 15) is 21.6 Å². The summed E-state index contributed by atoms with van der Waals surface area (Å²) in [4.78, 5) is 0. The van der Waals surface area contributed by atoms with Gasteiger partial charge in [0.2, 0.25) is 10.0 Å². The molecule has 0 saturated carbocycles. The zero-order valence-electron chi connectivity index (χ0n) is 11.0. The van der Waals surface area contributed by atoms with Crippen LogP contribution in [0, 0.1) is 11.8 Å². The monoisotopic (exact) mass is 302 g/mol. The Morgan fingerprint density at radius 1 is 1.37 bits per heavy atom. The summed E-state index contributed by atoms with van der Waals surface area (Å²) in [6, 6.07) is 0. The van der Waals surface area contributed by atoms with Gasteiger partial charge in [-0.25, -0.2) is 12.7 Å². The molecule has 1 saturated heterocycles. The number of sulfonamides is 1. The minimum absolute atomic E-state index is 0.0890. The molecule has 1 rings (SSSR count). The molecule has 19 heavy (non-hydrogen) atoms. The Labute approximate surface area is 112 Å². The van der Waals surface area contributed by atoms with Crippen LogP contribution in [-0.2, 0) is 10.0 Å². The topological polar surface area (TPSA) is 63.4 Å². The highest BCUT2D eigenvalue weighted by Gasteiger charge is 2.33. The molecule has 0 bridgehead atoms. The fourth-order valence-corrected chi connectivity index (χ4v) is 3.83. The van der Waals surface area contributed by atoms with Crippen LogP contribution in [0.2, 0.25) is 0 Å². The van der Waals surface area contributed by atoms with Gasteiger partial charge in [0.25, 0.3) is 0 Å². The van der Waals surface area contributed by atoms with Crippen molar-refractivity contribution in [2.24, 2.45) is 17.6 Å². The van der Waals surface area contributed by atoms with Gasteiger partial charge in [0.05, 0.1) is 5.75 Å². The van der Waals surface area contributed by atoms with E-state index in [-0.39, 0.29) is 12.3 Å². The van der Waals surface area contributed by atoms with Crippen molar-refractivity contribution in [2.75, 3.05) is 25.4 Å². The number of hydrogen-bond acceptors (Lipinski definition) is 3. The quantitative estimate of drug-likeness (QED) is 0.838. The van der Waals surface area contributed by atoms with E-state index in [0.29, 0.717) is 32.0 Å². The largest absolute Gasteiger partial charge is 0.389 e. The summed E-state index contributed by atoms with van der Waals surface area (Å²) in [7, 11) is -3.59. The molecule has 0 radical (unpaired) electrons. The van der Waals surface area contributed by atoms with E-state index in [4.69, 9.17) is 5.73 Å². The first-order valence-electron chi connectivity index (χ1n) is 6.40. The summed E-state index contributed by atoms with van der Waals surface area (Å²) in [5.74, 6) is -0.00387. The maximum absolute atomic E-state index is 12.0. The van der Waals surface area contributed by atoms with Gasteiger partial charge in [-0.05, 0) is 31.2 Å². The molecule has 2 atom stereocenters. The van der Waals surface area contributed by atoms with Gasteiger partial charge in [-0.1, -0.05) is 6.92 Å². The van der Waals surface area contributed by atoms with Gasteiger partial charge in [0.15, 0.2) is 0 Å². The molecule has 1 aliphatic rings. The van der Waals surface area contributed by atoms with Crippen molar-refractivity contribution in [3.63, 3.8) is 0 Å². The number of alkyl halides is 3. The van der Waals surface area contributed by atoms with Crippen molar-refractivity contribution in [2.45, 2.75) is 32.4 Å². The second-order valence-electron chi connectivity index (χ2n) is 5.15. The second-order valence-corrected chi connectivity index (χ2v) is 7.24. The van der Waals surface area contributed by atoms with E-state index in [0.717, 1.165) is 0 Å². The van der Waals surface area contributed by atoms with E-state index < -0.39 is 28.4 Å². The number of rotatable bonds is 5. The van der Waals surface area contributed by atoms with Crippen LogP contribution in [0.4, 0.5) is 13.2 Å². The molecule has 1 aliphatic heterocycles. The molecule has 0 aromatic heterocycles. The minimum atomic E-state index is -4.30. The van der Waals surface area contributed by atoms with Gasteiger partial charge < -0.3 is 5.73 Å². The zero-order chi connectivity index (χ0) is 14.7. The summed E-state index contributed by atoms with van der Waals surface area (Å²) < 4.78 is 61.3. The lowest BCUT2D eigenvalue weighted by Gasteiger charge is -2.35. The van der Waals surface area contributed by atoms with E-state index in [1.165, 1.54) is 4.31 Å². The molecule has 114 valence electrons. The molecule has 8 heteroatoms. The molecule has 2 unspecified atom stereocenters. The van der Waals surface area contributed by atoms with Gasteiger partial charge in [0.1, 0.15) is 0 Å². The third-order valence-electron chi connectivity index (χ3n) is 3.64. The molecule has 0 amide bonds. The van der Waals surface area contributed by atoms with Gasteiger partial charge >= 0.3 is 6.18 Å².